The average molecular weight is 541 g/mol. The van der Waals surface area contributed by atoms with Crippen molar-refractivity contribution in [2.24, 2.45) is 5.41 Å². The summed E-state index contributed by atoms with van der Waals surface area (Å²) in [6.45, 7) is 3.44. The maximum Gasteiger partial charge on any atom is 0.228 e. The van der Waals surface area contributed by atoms with E-state index in [1.54, 1.807) is 12.4 Å². The Hall–Kier alpha value is -4.11. The van der Waals surface area contributed by atoms with E-state index in [1.807, 2.05) is 55.5 Å². The van der Waals surface area contributed by atoms with Crippen molar-refractivity contribution < 1.29 is 13.9 Å². The molecule has 9 heteroatoms. The summed E-state index contributed by atoms with van der Waals surface area (Å²) in [4.78, 5) is 26.5. The highest BCUT2D eigenvalue weighted by molar-refractivity contribution is 6.04. The molecule has 4 aromatic rings. The van der Waals surface area contributed by atoms with Gasteiger partial charge in [0.25, 0.3) is 0 Å². The Bertz CT molecular complexity index is 1530. The van der Waals surface area contributed by atoms with Crippen LogP contribution in [0.2, 0.25) is 0 Å². The van der Waals surface area contributed by atoms with Crippen molar-refractivity contribution in [2.75, 3.05) is 30.4 Å². The Morgan fingerprint density at radius 1 is 1.10 bits per heavy atom. The number of halogens is 1. The van der Waals surface area contributed by atoms with Gasteiger partial charge >= 0.3 is 0 Å². The molecule has 1 saturated carbocycles. The molecular weight excluding hydrogens is 507 g/mol. The third-order valence-corrected chi connectivity index (χ3v) is 7.79. The zero-order chi connectivity index (χ0) is 27.5. The standard InChI is InChI=1S/C31H33FN6O2/c1-20-9-10-22-23(6-2-8-25(22)37-27(39)17-31(19-32)12-13-31)28(20)40-29-24(7-4-15-34-29)26-11-16-35-30(38-26)36-21-5-3-14-33-18-21/h2,4,6-11,15-16,21,33H,3,5,12-14,17-19H2,1H3,(H,37,39)(H,35,36,38)/t21-/m0/s1. The number of piperidine rings is 1. The predicted octanol–water partition coefficient (Wildman–Crippen LogP) is 6.03. The Kier molecular flexibility index (Phi) is 7.30. The zero-order valence-electron chi connectivity index (χ0n) is 22.5. The molecule has 0 radical (unpaired) electrons. The van der Waals surface area contributed by atoms with Crippen LogP contribution in [0.15, 0.2) is 60.9 Å². The van der Waals surface area contributed by atoms with Gasteiger partial charge in [0.15, 0.2) is 0 Å². The fraction of sp³-hybridized carbons (Fsp3) is 0.355. The highest BCUT2D eigenvalue weighted by Gasteiger charge is 2.44. The number of pyridine rings is 1. The Morgan fingerprint density at radius 3 is 2.80 bits per heavy atom. The molecule has 3 heterocycles. The molecule has 1 amide bonds. The molecule has 2 aromatic heterocycles. The predicted molar refractivity (Wildman–Crippen MR) is 154 cm³/mol. The van der Waals surface area contributed by atoms with E-state index in [2.05, 4.69) is 25.9 Å². The number of aryl methyl sites for hydroxylation is 1. The first kappa shape index (κ1) is 26.1. The van der Waals surface area contributed by atoms with Crippen molar-refractivity contribution >= 4 is 28.3 Å². The summed E-state index contributed by atoms with van der Waals surface area (Å²) >= 11 is 0. The second kappa shape index (κ2) is 11.2. The highest BCUT2D eigenvalue weighted by Crippen LogP contribution is 2.49. The normalized spacial score (nSPS) is 17.8. The van der Waals surface area contributed by atoms with Crippen molar-refractivity contribution in [3.05, 3.63) is 66.5 Å². The maximum atomic E-state index is 13.4. The quantitative estimate of drug-likeness (QED) is 0.238. The molecule has 0 bridgehead atoms. The number of fused-ring (bicyclic) bond motifs is 1. The molecule has 0 unspecified atom stereocenters. The second-order valence-electron chi connectivity index (χ2n) is 10.9. The summed E-state index contributed by atoms with van der Waals surface area (Å²) in [5.74, 6) is 1.48. The minimum absolute atomic E-state index is 0.171. The number of hydrogen-bond donors (Lipinski definition) is 3. The number of carbonyl (C=O) groups excluding carboxylic acids is 1. The first-order valence-electron chi connectivity index (χ1n) is 13.9. The fourth-order valence-corrected chi connectivity index (χ4v) is 5.25. The molecule has 1 saturated heterocycles. The van der Waals surface area contributed by atoms with Crippen LogP contribution in [-0.4, -0.2) is 46.7 Å². The molecule has 8 nitrogen and oxygen atoms in total. The molecule has 206 valence electrons. The summed E-state index contributed by atoms with van der Waals surface area (Å²) in [6, 6.07) is 15.6. The lowest BCUT2D eigenvalue weighted by Gasteiger charge is -2.23. The van der Waals surface area contributed by atoms with Gasteiger partial charge in [0, 0.05) is 53.3 Å². The van der Waals surface area contributed by atoms with Crippen LogP contribution in [0.1, 0.15) is 37.7 Å². The lowest BCUT2D eigenvalue weighted by molar-refractivity contribution is -0.117. The molecule has 1 aliphatic heterocycles. The third kappa shape index (κ3) is 5.60. The number of rotatable bonds is 9. The zero-order valence-corrected chi connectivity index (χ0v) is 22.5. The number of benzene rings is 2. The van der Waals surface area contributed by atoms with Gasteiger partial charge in [-0.2, -0.15) is 0 Å². The van der Waals surface area contributed by atoms with E-state index in [0.717, 1.165) is 60.7 Å². The van der Waals surface area contributed by atoms with Crippen molar-refractivity contribution in [1.82, 2.24) is 20.3 Å². The van der Waals surface area contributed by atoms with Crippen LogP contribution in [-0.2, 0) is 4.79 Å². The van der Waals surface area contributed by atoms with Gasteiger partial charge in [-0.05, 0) is 69.0 Å². The lowest BCUT2D eigenvalue weighted by atomic mass is 10.0. The lowest BCUT2D eigenvalue weighted by Crippen LogP contribution is -2.38. The van der Waals surface area contributed by atoms with Gasteiger partial charge in [0.1, 0.15) is 5.75 Å². The van der Waals surface area contributed by atoms with Crippen LogP contribution < -0.4 is 20.7 Å². The topological polar surface area (TPSA) is 101 Å². The number of ether oxygens (including phenoxy) is 1. The summed E-state index contributed by atoms with van der Waals surface area (Å²) < 4.78 is 19.9. The van der Waals surface area contributed by atoms with E-state index in [9.17, 15) is 9.18 Å². The van der Waals surface area contributed by atoms with Gasteiger partial charge < -0.3 is 20.7 Å². The van der Waals surface area contributed by atoms with Gasteiger partial charge in [-0.25, -0.2) is 15.0 Å². The summed E-state index contributed by atoms with van der Waals surface area (Å²) in [5.41, 5.74) is 2.58. The van der Waals surface area contributed by atoms with Gasteiger partial charge in [-0.15, -0.1) is 0 Å². The van der Waals surface area contributed by atoms with Crippen LogP contribution in [0, 0.1) is 12.3 Å². The van der Waals surface area contributed by atoms with E-state index >= 15 is 0 Å². The third-order valence-electron chi connectivity index (χ3n) is 7.79. The number of nitrogens with one attached hydrogen (secondary N) is 3. The van der Waals surface area contributed by atoms with Crippen molar-refractivity contribution in [1.29, 1.82) is 0 Å². The number of nitrogens with zero attached hydrogens (tertiary/aromatic N) is 3. The Labute approximate surface area is 232 Å². The minimum atomic E-state index is -0.474. The van der Waals surface area contributed by atoms with E-state index in [0.29, 0.717) is 29.0 Å². The first-order valence-corrected chi connectivity index (χ1v) is 13.9. The fourth-order valence-electron chi connectivity index (χ4n) is 5.25. The molecule has 3 N–H and O–H groups in total. The maximum absolute atomic E-state index is 13.4. The monoisotopic (exact) mass is 540 g/mol. The molecule has 0 spiro atoms. The van der Waals surface area contributed by atoms with Crippen LogP contribution in [0.3, 0.4) is 0 Å². The Balaban J connectivity index is 1.28. The van der Waals surface area contributed by atoms with Gasteiger partial charge in [-0.3, -0.25) is 9.18 Å². The summed E-state index contributed by atoms with van der Waals surface area (Å²) in [7, 11) is 0. The SMILES string of the molecule is Cc1ccc2c(NC(=O)CC3(CF)CC3)cccc2c1Oc1ncccc1-c1ccnc(N[C@H]2CCCNC2)n1. The number of aromatic nitrogens is 3. The number of hydrogen-bond acceptors (Lipinski definition) is 7. The first-order chi connectivity index (χ1) is 19.5. The molecule has 1 atom stereocenters. The summed E-state index contributed by atoms with van der Waals surface area (Å²) in [6.07, 6.45) is 7.34. The molecule has 40 heavy (non-hydrogen) atoms. The number of amides is 1. The van der Waals surface area contributed by atoms with E-state index in [-0.39, 0.29) is 18.4 Å². The van der Waals surface area contributed by atoms with Gasteiger partial charge in [0.05, 0.1) is 17.9 Å². The molecule has 1 aliphatic carbocycles. The van der Waals surface area contributed by atoms with Crippen molar-refractivity contribution in [3.63, 3.8) is 0 Å². The number of anilines is 2. The smallest absolute Gasteiger partial charge is 0.228 e. The van der Waals surface area contributed by atoms with Gasteiger partial charge in [0.2, 0.25) is 17.7 Å². The number of alkyl halides is 1. The molecular formula is C31H33FN6O2. The van der Waals surface area contributed by atoms with E-state index in [1.165, 1.54) is 0 Å². The Morgan fingerprint density at radius 2 is 2.00 bits per heavy atom. The van der Waals surface area contributed by atoms with Gasteiger partial charge in [-0.1, -0.05) is 24.3 Å². The van der Waals surface area contributed by atoms with Crippen molar-refractivity contribution in [3.8, 4) is 22.9 Å². The largest absolute Gasteiger partial charge is 0.437 e. The highest BCUT2D eigenvalue weighted by atomic mass is 19.1. The molecule has 2 aliphatic rings. The molecule has 2 fully saturated rings. The number of carbonyl (C=O) groups is 1. The second-order valence-corrected chi connectivity index (χ2v) is 10.9. The van der Waals surface area contributed by atoms with E-state index in [4.69, 9.17) is 9.72 Å². The summed E-state index contributed by atoms with van der Waals surface area (Å²) in [5, 5.41) is 11.5. The average Bonchev–Trinajstić information content (AvgIpc) is 3.75. The molecule has 2 aromatic carbocycles. The van der Waals surface area contributed by atoms with Crippen LogP contribution in [0.5, 0.6) is 11.6 Å². The minimum Gasteiger partial charge on any atom is -0.437 e. The van der Waals surface area contributed by atoms with Crippen molar-refractivity contribution in [2.45, 2.75) is 45.1 Å². The van der Waals surface area contributed by atoms with Crippen LogP contribution in [0.4, 0.5) is 16.0 Å². The molecule has 6 rings (SSSR count). The van der Waals surface area contributed by atoms with Crippen LogP contribution >= 0.6 is 0 Å². The van der Waals surface area contributed by atoms with E-state index < -0.39 is 12.1 Å². The van der Waals surface area contributed by atoms with Crippen LogP contribution in [0.25, 0.3) is 22.0 Å².